The summed E-state index contributed by atoms with van der Waals surface area (Å²) in [7, 11) is 0. The van der Waals surface area contributed by atoms with Gasteiger partial charge in [0.05, 0.1) is 23.4 Å². The number of pyridine rings is 1. The number of ether oxygens (including phenoxy) is 1. The summed E-state index contributed by atoms with van der Waals surface area (Å²) < 4.78 is 6.20. The number of ketones is 1. The van der Waals surface area contributed by atoms with Gasteiger partial charge >= 0.3 is 6.15 Å². The summed E-state index contributed by atoms with van der Waals surface area (Å²) in [5.41, 5.74) is 0.760. The highest BCUT2D eigenvalue weighted by Crippen LogP contribution is 2.42. The van der Waals surface area contributed by atoms with E-state index >= 15 is 0 Å². The fourth-order valence-corrected chi connectivity index (χ4v) is 3.90. The number of Topliss-reactive ketones (excluding diaryl/α,β-unsaturated/α-hetero) is 1. The van der Waals surface area contributed by atoms with Crippen LogP contribution in [0.2, 0.25) is 5.02 Å². The molecule has 29 heavy (non-hydrogen) atoms. The molecule has 1 fully saturated rings. The second kappa shape index (κ2) is 8.99. The largest absolute Gasteiger partial charge is 0.484 e. The van der Waals surface area contributed by atoms with Crippen molar-refractivity contribution < 1.29 is 23.9 Å². The van der Waals surface area contributed by atoms with Crippen LogP contribution in [0.5, 0.6) is 5.75 Å². The fourth-order valence-electron chi connectivity index (χ4n) is 3.68. The Labute approximate surface area is 172 Å². The number of halogens is 1. The lowest BCUT2D eigenvalue weighted by Gasteiger charge is -2.44. The second-order valence-corrected chi connectivity index (χ2v) is 7.37. The highest BCUT2D eigenvalue weighted by Gasteiger charge is 2.44. The number of carbonyl (C=O) groups is 2. The fraction of sp³-hybridized carbons (Fsp3) is 0.333. The average Bonchev–Trinajstić information content (AvgIpc) is 2.71. The quantitative estimate of drug-likeness (QED) is 0.750. The van der Waals surface area contributed by atoms with Crippen LogP contribution in [0.25, 0.3) is 0 Å². The first kappa shape index (κ1) is 20.7. The molecule has 0 bridgehead atoms. The van der Waals surface area contributed by atoms with Gasteiger partial charge in [-0.1, -0.05) is 23.7 Å². The number of hydrogen-bond acceptors (Lipinski definition) is 6. The van der Waals surface area contributed by atoms with E-state index in [4.69, 9.17) is 25.9 Å². The number of benzene rings is 1. The van der Waals surface area contributed by atoms with Gasteiger partial charge in [0, 0.05) is 37.8 Å². The summed E-state index contributed by atoms with van der Waals surface area (Å²) in [6.07, 6.45) is 3.82. The van der Waals surface area contributed by atoms with Crippen molar-refractivity contribution in [3.05, 3.63) is 58.9 Å². The van der Waals surface area contributed by atoms with E-state index in [0.29, 0.717) is 55.1 Å². The predicted octanol–water partition coefficient (Wildman–Crippen LogP) is 2.72. The van der Waals surface area contributed by atoms with Gasteiger partial charge in [-0.2, -0.15) is 9.59 Å². The van der Waals surface area contributed by atoms with Gasteiger partial charge in [0.1, 0.15) is 11.4 Å². The number of likely N-dealkylation sites (tertiary alicyclic amines) is 1. The minimum absolute atomic E-state index is 0.0547. The first-order valence-electron chi connectivity index (χ1n) is 9.16. The Hall–Kier alpha value is -3.02. The first-order valence-corrected chi connectivity index (χ1v) is 9.53. The second-order valence-electron chi connectivity index (χ2n) is 6.96. The number of aromatic nitrogens is 1. The van der Waals surface area contributed by atoms with Gasteiger partial charge in [-0.15, -0.1) is 0 Å². The Morgan fingerprint density at radius 2 is 1.90 bits per heavy atom. The van der Waals surface area contributed by atoms with Crippen molar-refractivity contribution in [2.24, 2.45) is 0 Å². The maximum atomic E-state index is 12.5. The number of para-hydroxylation sites is 1. The number of piperidine rings is 1. The third kappa shape index (κ3) is 4.70. The summed E-state index contributed by atoms with van der Waals surface area (Å²) in [5, 5.41) is 0.462. The highest BCUT2D eigenvalue weighted by atomic mass is 35.5. The van der Waals surface area contributed by atoms with Crippen LogP contribution in [-0.2, 0) is 20.8 Å². The average molecular weight is 415 g/mol. The molecule has 150 valence electrons. The van der Waals surface area contributed by atoms with E-state index in [0.717, 1.165) is 5.69 Å². The number of hydrogen-bond donors (Lipinski definition) is 0. The molecular formula is C21H19ClN2O5. The lowest BCUT2D eigenvalue weighted by atomic mass is 9.82. The molecule has 1 saturated heterocycles. The molecule has 0 unspecified atom stereocenters. The normalized spacial score (nSPS) is 16.7. The Morgan fingerprint density at radius 3 is 2.55 bits per heavy atom. The van der Waals surface area contributed by atoms with Crippen LogP contribution in [0.15, 0.2) is 42.6 Å². The molecule has 2 aliphatic heterocycles. The number of rotatable bonds is 2. The number of amides is 1. The van der Waals surface area contributed by atoms with Gasteiger partial charge in [0.25, 0.3) is 0 Å². The molecule has 3 heterocycles. The standard InChI is InChI=1S/C20H19ClN2O3.CO2/c21-16-6-3-5-15-17(24)13-20(26-19(15)16)7-10-23(11-8-20)18(25)12-14-4-1-2-9-22-14;2-1-3/h1-6,9H,7-8,10-13H2;. The summed E-state index contributed by atoms with van der Waals surface area (Å²) in [6, 6.07) is 10.8. The van der Waals surface area contributed by atoms with Crippen LogP contribution in [0, 0.1) is 0 Å². The number of nitrogens with zero attached hydrogens (tertiary/aromatic N) is 2. The van der Waals surface area contributed by atoms with E-state index in [9.17, 15) is 9.59 Å². The monoisotopic (exact) mass is 414 g/mol. The van der Waals surface area contributed by atoms with Crippen LogP contribution in [-0.4, -0.2) is 46.4 Å². The Bertz CT molecular complexity index is 933. The lowest BCUT2D eigenvalue weighted by Crippen LogP contribution is -2.52. The summed E-state index contributed by atoms with van der Waals surface area (Å²) in [5.74, 6) is 0.597. The number of fused-ring (bicyclic) bond motifs is 1. The van der Waals surface area contributed by atoms with Crippen molar-refractivity contribution in [1.29, 1.82) is 0 Å². The van der Waals surface area contributed by atoms with Crippen LogP contribution in [0.1, 0.15) is 35.3 Å². The maximum Gasteiger partial charge on any atom is 0.373 e. The molecule has 1 aromatic heterocycles. The van der Waals surface area contributed by atoms with Crippen molar-refractivity contribution in [3.8, 4) is 5.75 Å². The summed E-state index contributed by atoms with van der Waals surface area (Å²) in [6.45, 7) is 1.14. The molecule has 0 aliphatic carbocycles. The molecule has 4 rings (SSSR count). The van der Waals surface area contributed by atoms with Crippen molar-refractivity contribution >= 4 is 29.4 Å². The zero-order valence-electron chi connectivity index (χ0n) is 15.6. The van der Waals surface area contributed by atoms with Gasteiger partial charge in [0.15, 0.2) is 5.78 Å². The van der Waals surface area contributed by atoms with Crippen LogP contribution < -0.4 is 4.74 Å². The summed E-state index contributed by atoms with van der Waals surface area (Å²) in [4.78, 5) is 47.3. The third-order valence-electron chi connectivity index (χ3n) is 5.15. The van der Waals surface area contributed by atoms with Gasteiger partial charge in [-0.3, -0.25) is 14.6 Å². The molecule has 1 aromatic carbocycles. The maximum absolute atomic E-state index is 12.5. The van der Waals surface area contributed by atoms with Crippen molar-refractivity contribution in [2.45, 2.75) is 31.3 Å². The van der Waals surface area contributed by atoms with E-state index in [1.165, 1.54) is 0 Å². The van der Waals surface area contributed by atoms with Crippen LogP contribution in [0.4, 0.5) is 0 Å². The summed E-state index contributed by atoms with van der Waals surface area (Å²) >= 11 is 6.23. The zero-order chi connectivity index (χ0) is 20.9. The van der Waals surface area contributed by atoms with Gasteiger partial charge in [-0.25, -0.2) is 0 Å². The van der Waals surface area contributed by atoms with E-state index in [-0.39, 0.29) is 17.8 Å². The van der Waals surface area contributed by atoms with E-state index in [2.05, 4.69) is 4.98 Å². The SMILES string of the molecule is O=C1CC2(CCN(C(=O)Cc3ccccn3)CC2)Oc2c(Cl)cccc21.O=C=O. The minimum atomic E-state index is -0.559. The van der Waals surface area contributed by atoms with E-state index < -0.39 is 5.60 Å². The molecule has 2 aliphatic rings. The molecular weight excluding hydrogens is 396 g/mol. The van der Waals surface area contributed by atoms with E-state index in [1.54, 1.807) is 24.4 Å². The zero-order valence-corrected chi connectivity index (χ0v) is 16.4. The van der Waals surface area contributed by atoms with Crippen molar-refractivity contribution in [2.75, 3.05) is 13.1 Å². The van der Waals surface area contributed by atoms with Gasteiger partial charge in [0.2, 0.25) is 5.91 Å². The van der Waals surface area contributed by atoms with Crippen LogP contribution >= 0.6 is 11.6 Å². The van der Waals surface area contributed by atoms with Gasteiger partial charge < -0.3 is 9.64 Å². The Kier molecular flexibility index (Phi) is 6.42. The lowest BCUT2D eigenvalue weighted by molar-refractivity contribution is -0.191. The molecule has 8 heteroatoms. The van der Waals surface area contributed by atoms with Crippen molar-refractivity contribution in [3.63, 3.8) is 0 Å². The highest BCUT2D eigenvalue weighted by molar-refractivity contribution is 6.32. The molecule has 0 radical (unpaired) electrons. The molecule has 1 spiro atoms. The van der Waals surface area contributed by atoms with E-state index in [1.807, 2.05) is 23.1 Å². The molecule has 0 N–H and O–H groups in total. The van der Waals surface area contributed by atoms with Crippen LogP contribution in [0.3, 0.4) is 0 Å². The van der Waals surface area contributed by atoms with Crippen molar-refractivity contribution in [1.82, 2.24) is 9.88 Å². The molecule has 7 nitrogen and oxygen atoms in total. The topological polar surface area (TPSA) is 93.6 Å². The predicted molar refractivity (Wildman–Crippen MR) is 103 cm³/mol. The Balaban J connectivity index is 0.000000755. The van der Waals surface area contributed by atoms with Gasteiger partial charge in [-0.05, 0) is 24.3 Å². The smallest absolute Gasteiger partial charge is 0.373 e. The molecule has 2 aromatic rings. The third-order valence-corrected chi connectivity index (χ3v) is 5.45. The number of carbonyl (C=O) groups excluding carboxylic acids is 4. The minimum Gasteiger partial charge on any atom is -0.484 e. The molecule has 0 atom stereocenters. The molecule has 0 saturated carbocycles. The first-order chi connectivity index (χ1) is 14.0. The Morgan fingerprint density at radius 1 is 1.17 bits per heavy atom. The molecule has 1 amide bonds.